The van der Waals surface area contributed by atoms with Crippen LogP contribution in [-0.4, -0.2) is 48.6 Å². The van der Waals surface area contributed by atoms with E-state index in [4.69, 9.17) is 4.74 Å². The van der Waals surface area contributed by atoms with Gasteiger partial charge in [0.1, 0.15) is 5.56 Å². The third-order valence-electron chi connectivity index (χ3n) is 5.15. The molecule has 2 atom stereocenters. The van der Waals surface area contributed by atoms with Gasteiger partial charge in [0.25, 0.3) is 5.91 Å². The van der Waals surface area contributed by atoms with Crippen molar-refractivity contribution in [1.82, 2.24) is 15.2 Å². The average molecular weight is 287 g/mol. The zero-order valence-corrected chi connectivity index (χ0v) is 12.4. The van der Waals surface area contributed by atoms with Crippen molar-refractivity contribution >= 4 is 5.91 Å². The fraction of sp³-hybridized carbons (Fsp3) is 0.625. The predicted octanol–water partition coefficient (Wildman–Crippen LogP) is 1.01. The Hall–Kier alpha value is -1.62. The van der Waals surface area contributed by atoms with Gasteiger partial charge in [-0.25, -0.2) is 4.98 Å². The molecule has 1 aromatic heterocycles. The van der Waals surface area contributed by atoms with Gasteiger partial charge in [-0.1, -0.05) is 0 Å². The van der Waals surface area contributed by atoms with Gasteiger partial charge in [0.2, 0.25) is 5.88 Å². The van der Waals surface area contributed by atoms with E-state index in [0.29, 0.717) is 23.4 Å². The Morgan fingerprint density at radius 1 is 1.43 bits per heavy atom. The number of aromatic nitrogens is 1. The molecule has 1 aromatic rings. The molecular formula is C16H21N3O2. The van der Waals surface area contributed by atoms with E-state index in [-0.39, 0.29) is 5.91 Å². The van der Waals surface area contributed by atoms with Crippen LogP contribution in [-0.2, 0) is 12.8 Å². The monoisotopic (exact) mass is 287 g/mol. The number of carbonyl (C=O) groups excluding carboxylic acids is 1. The molecule has 112 valence electrons. The highest BCUT2D eigenvalue weighted by Gasteiger charge is 2.41. The van der Waals surface area contributed by atoms with Crippen LogP contribution in [0.25, 0.3) is 0 Å². The molecule has 1 amide bonds. The molecule has 21 heavy (non-hydrogen) atoms. The molecule has 0 bridgehead atoms. The molecule has 5 heteroatoms. The first-order valence-electron chi connectivity index (χ1n) is 7.86. The van der Waals surface area contributed by atoms with E-state index in [1.165, 1.54) is 5.56 Å². The summed E-state index contributed by atoms with van der Waals surface area (Å²) in [6.45, 7) is 2.81. The van der Waals surface area contributed by atoms with Gasteiger partial charge in [0.15, 0.2) is 0 Å². The quantitative estimate of drug-likeness (QED) is 0.882. The highest BCUT2D eigenvalue weighted by Crippen LogP contribution is 2.32. The van der Waals surface area contributed by atoms with E-state index in [0.717, 1.165) is 51.0 Å². The minimum absolute atomic E-state index is 0.0882. The van der Waals surface area contributed by atoms with Crippen molar-refractivity contribution in [2.24, 2.45) is 5.92 Å². The normalized spacial score (nSPS) is 26.8. The lowest BCUT2D eigenvalue weighted by atomic mass is 10.0. The maximum Gasteiger partial charge on any atom is 0.259 e. The Kier molecular flexibility index (Phi) is 3.10. The summed E-state index contributed by atoms with van der Waals surface area (Å²) in [4.78, 5) is 19.5. The molecule has 2 fully saturated rings. The number of ether oxygens (including phenoxy) is 1. The van der Waals surface area contributed by atoms with Crippen molar-refractivity contribution in [3.8, 4) is 5.88 Å². The molecule has 3 heterocycles. The maximum atomic E-state index is 12.9. The zero-order chi connectivity index (χ0) is 14.4. The summed E-state index contributed by atoms with van der Waals surface area (Å²) in [6.07, 6.45) is 4.25. The number of likely N-dealkylation sites (tertiary alicyclic amines) is 1. The molecule has 3 aliphatic rings. The lowest BCUT2D eigenvalue weighted by Crippen LogP contribution is -2.39. The van der Waals surface area contributed by atoms with Crippen LogP contribution >= 0.6 is 0 Å². The van der Waals surface area contributed by atoms with Crippen molar-refractivity contribution in [3.63, 3.8) is 0 Å². The molecule has 2 aliphatic heterocycles. The Balaban J connectivity index is 1.67. The van der Waals surface area contributed by atoms with Crippen LogP contribution in [0.5, 0.6) is 5.88 Å². The lowest BCUT2D eigenvalue weighted by molar-refractivity contribution is 0.0732. The molecular weight excluding hydrogens is 266 g/mol. The number of hydrogen-bond donors (Lipinski definition) is 1. The number of rotatable bonds is 2. The van der Waals surface area contributed by atoms with Crippen molar-refractivity contribution in [3.05, 3.63) is 22.9 Å². The van der Waals surface area contributed by atoms with Gasteiger partial charge in [-0.3, -0.25) is 4.79 Å². The van der Waals surface area contributed by atoms with Crippen LogP contribution in [0.1, 0.15) is 34.5 Å². The van der Waals surface area contributed by atoms with Gasteiger partial charge in [-0.05, 0) is 43.2 Å². The van der Waals surface area contributed by atoms with Gasteiger partial charge < -0.3 is 15.0 Å². The first-order chi connectivity index (χ1) is 10.3. The predicted molar refractivity (Wildman–Crippen MR) is 78.6 cm³/mol. The summed E-state index contributed by atoms with van der Waals surface area (Å²) >= 11 is 0. The third-order valence-corrected chi connectivity index (χ3v) is 5.15. The fourth-order valence-corrected chi connectivity index (χ4v) is 4.02. The highest BCUT2D eigenvalue weighted by molar-refractivity contribution is 5.97. The summed E-state index contributed by atoms with van der Waals surface area (Å²) < 4.78 is 5.39. The molecule has 2 saturated heterocycles. The minimum atomic E-state index is 0.0882. The Morgan fingerprint density at radius 3 is 3.19 bits per heavy atom. The molecule has 4 rings (SSSR count). The second-order valence-corrected chi connectivity index (χ2v) is 6.28. The molecule has 5 nitrogen and oxygen atoms in total. The van der Waals surface area contributed by atoms with Gasteiger partial charge in [0, 0.05) is 31.4 Å². The molecule has 2 unspecified atom stereocenters. The number of aryl methyl sites for hydroxylation is 2. The summed E-state index contributed by atoms with van der Waals surface area (Å²) in [5.74, 6) is 1.20. The van der Waals surface area contributed by atoms with Crippen molar-refractivity contribution in [2.75, 3.05) is 26.7 Å². The number of nitrogens with zero attached hydrogens (tertiary/aromatic N) is 2. The van der Waals surface area contributed by atoms with E-state index in [1.54, 1.807) is 7.11 Å². The van der Waals surface area contributed by atoms with Gasteiger partial charge in [0.05, 0.1) is 7.11 Å². The van der Waals surface area contributed by atoms with E-state index >= 15 is 0 Å². The highest BCUT2D eigenvalue weighted by atomic mass is 16.5. The van der Waals surface area contributed by atoms with Gasteiger partial charge in [-0.2, -0.15) is 0 Å². The first-order valence-corrected chi connectivity index (χ1v) is 7.86. The number of amides is 1. The van der Waals surface area contributed by atoms with Gasteiger partial charge >= 0.3 is 0 Å². The van der Waals surface area contributed by atoms with E-state index in [2.05, 4.69) is 10.3 Å². The summed E-state index contributed by atoms with van der Waals surface area (Å²) in [7, 11) is 1.60. The van der Waals surface area contributed by atoms with E-state index in [1.807, 2.05) is 11.0 Å². The molecule has 0 aromatic carbocycles. The van der Waals surface area contributed by atoms with Gasteiger partial charge in [-0.15, -0.1) is 0 Å². The number of nitrogens with one attached hydrogen (secondary N) is 1. The second-order valence-electron chi connectivity index (χ2n) is 6.28. The second kappa shape index (κ2) is 4.98. The lowest BCUT2D eigenvalue weighted by Gasteiger charge is -2.24. The largest absolute Gasteiger partial charge is 0.480 e. The number of pyridine rings is 1. The SMILES string of the molecule is COc1nc2c(cc1C(=O)N1CCC3CNCC31)CCC2. The number of hydrogen-bond acceptors (Lipinski definition) is 4. The number of carbonyl (C=O) groups is 1. The topological polar surface area (TPSA) is 54.5 Å². The van der Waals surface area contributed by atoms with Crippen molar-refractivity contribution in [1.29, 1.82) is 0 Å². The smallest absolute Gasteiger partial charge is 0.259 e. The molecule has 0 spiro atoms. The summed E-state index contributed by atoms with van der Waals surface area (Å²) in [5, 5.41) is 3.39. The molecule has 0 radical (unpaired) electrons. The Labute approximate surface area is 124 Å². The third kappa shape index (κ3) is 2.02. The fourth-order valence-electron chi connectivity index (χ4n) is 4.02. The Morgan fingerprint density at radius 2 is 2.33 bits per heavy atom. The van der Waals surface area contributed by atoms with E-state index in [9.17, 15) is 4.79 Å². The van der Waals surface area contributed by atoms with Crippen LogP contribution in [0.15, 0.2) is 6.07 Å². The molecule has 0 saturated carbocycles. The molecule has 1 N–H and O–H groups in total. The van der Waals surface area contributed by atoms with Crippen molar-refractivity contribution < 1.29 is 9.53 Å². The Bertz CT molecular complexity index is 587. The number of methoxy groups -OCH3 is 1. The van der Waals surface area contributed by atoms with Crippen molar-refractivity contribution in [2.45, 2.75) is 31.7 Å². The minimum Gasteiger partial charge on any atom is -0.480 e. The zero-order valence-electron chi connectivity index (χ0n) is 12.4. The van der Waals surface area contributed by atoms with E-state index < -0.39 is 0 Å². The summed E-state index contributed by atoms with van der Waals surface area (Å²) in [5.41, 5.74) is 2.97. The van der Waals surface area contributed by atoms with Crippen LogP contribution < -0.4 is 10.1 Å². The van der Waals surface area contributed by atoms with Crippen LogP contribution in [0.4, 0.5) is 0 Å². The first kappa shape index (κ1) is 13.1. The molecule has 1 aliphatic carbocycles. The van der Waals surface area contributed by atoms with Crippen LogP contribution in [0.3, 0.4) is 0 Å². The van der Waals surface area contributed by atoms with Crippen LogP contribution in [0.2, 0.25) is 0 Å². The maximum absolute atomic E-state index is 12.9. The standard InChI is InChI=1S/C16H21N3O2/c1-21-15-12(7-10-3-2-4-13(10)18-15)16(20)19-6-5-11-8-17-9-14(11)19/h7,11,14,17H,2-6,8-9H2,1H3. The average Bonchev–Trinajstić information content (AvgIpc) is 3.20. The van der Waals surface area contributed by atoms with Crippen LogP contribution in [0, 0.1) is 5.92 Å². The number of fused-ring (bicyclic) bond motifs is 2. The summed E-state index contributed by atoms with van der Waals surface area (Å²) in [6, 6.07) is 2.36.